The van der Waals surface area contributed by atoms with Crippen molar-refractivity contribution in [3.63, 3.8) is 0 Å². The Hall–Kier alpha value is -2.42. The lowest BCUT2D eigenvalue weighted by atomic mass is 9.81. The first-order valence-electron chi connectivity index (χ1n) is 11.7. The molecule has 0 radical (unpaired) electrons. The summed E-state index contributed by atoms with van der Waals surface area (Å²) in [5.74, 6) is 0.300. The van der Waals surface area contributed by atoms with Crippen LogP contribution in [0.5, 0.6) is 0 Å². The molecule has 0 saturated heterocycles. The first-order valence-corrected chi connectivity index (χ1v) is 11.7. The molecule has 0 aliphatic heterocycles. The van der Waals surface area contributed by atoms with Crippen LogP contribution in [0.2, 0.25) is 0 Å². The molecule has 3 aromatic rings. The van der Waals surface area contributed by atoms with Crippen LogP contribution in [0.15, 0.2) is 78.9 Å². The van der Waals surface area contributed by atoms with E-state index < -0.39 is 0 Å². The van der Waals surface area contributed by atoms with Crippen LogP contribution in [0.4, 0.5) is 0 Å². The van der Waals surface area contributed by atoms with Gasteiger partial charge in [-0.05, 0) is 67.8 Å². The van der Waals surface area contributed by atoms with E-state index in [1.165, 1.54) is 27.8 Å². The highest BCUT2D eigenvalue weighted by Gasteiger charge is 2.19. The van der Waals surface area contributed by atoms with Crippen molar-refractivity contribution in [2.75, 3.05) is 26.2 Å². The van der Waals surface area contributed by atoms with Crippen LogP contribution in [-0.2, 0) is 0 Å². The second kappa shape index (κ2) is 16.3. The van der Waals surface area contributed by atoms with Crippen molar-refractivity contribution in [3.8, 4) is 0 Å². The zero-order chi connectivity index (χ0) is 22.9. The summed E-state index contributed by atoms with van der Waals surface area (Å²) in [5.41, 5.74) is 6.81. The van der Waals surface area contributed by atoms with Gasteiger partial charge >= 0.3 is 0 Å². The van der Waals surface area contributed by atoms with Crippen LogP contribution in [0.1, 0.15) is 61.4 Å². The fourth-order valence-corrected chi connectivity index (χ4v) is 3.49. The van der Waals surface area contributed by atoms with Crippen LogP contribution in [0.3, 0.4) is 0 Å². The van der Waals surface area contributed by atoms with E-state index in [4.69, 9.17) is 0 Å². The predicted molar refractivity (Wildman–Crippen MR) is 138 cm³/mol. The molecule has 0 spiro atoms. The van der Waals surface area contributed by atoms with Gasteiger partial charge < -0.3 is 10.6 Å². The normalized spacial score (nSPS) is 10.0. The lowest BCUT2D eigenvalue weighted by Crippen LogP contribution is -2.09. The Morgan fingerprint density at radius 1 is 0.516 bits per heavy atom. The molecule has 0 aliphatic rings. The van der Waals surface area contributed by atoms with Gasteiger partial charge in [0.05, 0.1) is 0 Å². The van der Waals surface area contributed by atoms with E-state index in [9.17, 15) is 0 Å². The predicted octanol–water partition coefficient (Wildman–Crippen LogP) is 6.72. The topological polar surface area (TPSA) is 24.1 Å². The first-order chi connectivity index (χ1) is 15.1. The Morgan fingerprint density at radius 3 is 1.19 bits per heavy atom. The molecule has 0 atom stereocenters. The molecule has 168 valence electrons. The van der Waals surface area contributed by atoms with Crippen LogP contribution in [0, 0.1) is 13.8 Å². The van der Waals surface area contributed by atoms with Crippen molar-refractivity contribution in [2.45, 2.75) is 47.5 Å². The zero-order valence-electron chi connectivity index (χ0n) is 20.4. The Labute approximate surface area is 191 Å². The van der Waals surface area contributed by atoms with Crippen molar-refractivity contribution in [1.82, 2.24) is 10.6 Å². The van der Waals surface area contributed by atoms with Crippen molar-refractivity contribution in [3.05, 3.63) is 107 Å². The molecule has 2 nitrogen and oxygen atoms in total. The third kappa shape index (κ3) is 9.50. The fraction of sp³-hybridized carbons (Fsp3) is 0.379. The number of benzene rings is 3. The number of hydrogen-bond donors (Lipinski definition) is 2. The Kier molecular flexibility index (Phi) is 14.0. The molecule has 3 rings (SSSR count). The molecule has 2 N–H and O–H groups in total. The standard InChI is InChI=1S/C21H20.2C4H11N/c1-16-10-6-8-14-19(16)21(18-12-4-3-5-13-18)20-15-9-7-11-17(20)2;2*1-3-5-4-2/h3-15,21H,1-2H3;2*5H,3-4H2,1-2H3. The van der Waals surface area contributed by atoms with Gasteiger partial charge in [-0.2, -0.15) is 0 Å². The Bertz CT molecular complexity index is 771. The lowest BCUT2D eigenvalue weighted by Gasteiger charge is -2.22. The minimum atomic E-state index is 0.300. The quantitative estimate of drug-likeness (QED) is 0.416. The van der Waals surface area contributed by atoms with Crippen LogP contribution in [0.25, 0.3) is 0 Å². The molecule has 2 heteroatoms. The highest BCUT2D eigenvalue weighted by atomic mass is 14.8. The highest BCUT2D eigenvalue weighted by Crippen LogP contribution is 2.35. The smallest absolute Gasteiger partial charge is 0.0345 e. The van der Waals surface area contributed by atoms with E-state index >= 15 is 0 Å². The summed E-state index contributed by atoms with van der Waals surface area (Å²) >= 11 is 0. The van der Waals surface area contributed by atoms with E-state index in [1.54, 1.807) is 0 Å². The van der Waals surface area contributed by atoms with E-state index in [2.05, 4.69) is 131 Å². The minimum absolute atomic E-state index is 0.300. The lowest BCUT2D eigenvalue weighted by molar-refractivity contribution is 0.762. The maximum absolute atomic E-state index is 3.11. The molecule has 31 heavy (non-hydrogen) atoms. The molecule has 0 fully saturated rings. The van der Waals surface area contributed by atoms with Gasteiger partial charge in [0, 0.05) is 5.92 Å². The fourth-order valence-electron chi connectivity index (χ4n) is 3.49. The molecule has 3 aromatic carbocycles. The second-order valence-electron chi connectivity index (χ2n) is 7.47. The summed E-state index contributed by atoms with van der Waals surface area (Å²) in [6, 6.07) is 28.2. The van der Waals surface area contributed by atoms with E-state index in [1.807, 2.05) is 0 Å². The molecule has 0 aliphatic carbocycles. The van der Waals surface area contributed by atoms with Crippen LogP contribution in [-0.4, -0.2) is 26.2 Å². The number of aryl methyl sites for hydroxylation is 2. The molecule has 0 aromatic heterocycles. The molecule has 0 heterocycles. The van der Waals surface area contributed by atoms with Gasteiger partial charge in [0.2, 0.25) is 0 Å². The third-order valence-electron chi connectivity index (χ3n) is 5.13. The zero-order valence-corrected chi connectivity index (χ0v) is 20.4. The van der Waals surface area contributed by atoms with Gasteiger partial charge in [0.25, 0.3) is 0 Å². The van der Waals surface area contributed by atoms with Gasteiger partial charge in [-0.1, -0.05) is 107 Å². The number of nitrogens with one attached hydrogen (secondary N) is 2. The van der Waals surface area contributed by atoms with Gasteiger partial charge in [0.1, 0.15) is 0 Å². The van der Waals surface area contributed by atoms with E-state index in [0.717, 1.165) is 26.2 Å². The Morgan fingerprint density at radius 2 is 0.871 bits per heavy atom. The number of hydrogen-bond acceptors (Lipinski definition) is 2. The highest BCUT2D eigenvalue weighted by molar-refractivity contribution is 5.48. The second-order valence-corrected chi connectivity index (χ2v) is 7.47. The summed E-state index contributed by atoms with van der Waals surface area (Å²) in [5, 5.41) is 6.22. The van der Waals surface area contributed by atoms with E-state index in [-0.39, 0.29) is 0 Å². The number of rotatable bonds is 7. The van der Waals surface area contributed by atoms with Crippen LogP contribution < -0.4 is 10.6 Å². The Balaban J connectivity index is 0.000000404. The van der Waals surface area contributed by atoms with Gasteiger partial charge in [0.15, 0.2) is 0 Å². The first kappa shape index (κ1) is 26.6. The van der Waals surface area contributed by atoms with Crippen molar-refractivity contribution in [2.24, 2.45) is 0 Å². The average molecular weight is 419 g/mol. The third-order valence-corrected chi connectivity index (χ3v) is 5.13. The molecule has 0 saturated carbocycles. The minimum Gasteiger partial charge on any atom is -0.317 e. The van der Waals surface area contributed by atoms with Crippen LogP contribution >= 0.6 is 0 Å². The van der Waals surface area contributed by atoms with Crippen molar-refractivity contribution >= 4 is 0 Å². The molecular formula is C29H42N2. The summed E-state index contributed by atoms with van der Waals surface area (Å²) in [6.45, 7) is 17.2. The van der Waals surface area contributed by atoms with Gasteiger partial charge in [-0.3, -0.25) is 0 Å². The van der Waals surface area contributed by atoms with Gasteiger partial charge in [-0.25, -0.2) is 0 Å². The summed E-state index contributed by atoms with van der Waals surface area (Å²) in [6.07, 6.45) is 0. The SMILES string of the molecule is CCNCC.CCNCC.Cc1ccccc1C(c1ccccc1)c1ccccc1C. The largest absolute Gasteiger partial charge is 0.317 e. The van der Waals surface area contributed by atoms with Crippen molar-refractivity contribution < 1.29 is 0 Å². The molecular weight excluding hydrogens is 376 g/mol. The average Bonchev–Trinajstić information content (AvgIpc) is 2.79. The van der Waals surface area contributed by atoms with Crippen molar-refractivity contribution in [1.29, 1.82) is 0 Å². The maximum atomic E-state index is 3.11. The maximum Gasteiger partial charge on any atom is 0.0345 e. The van der Waals surface area contributed by atoms with E-state index in [0.29, 0.717) is 5.92 Å². The summed E-state index contributed by atoms with van der Waals surface area (Å²) < 4.78 is 0. The molecule has 0 amide bonds. The monoisotopic (exact) mass is 418 g/mol. The molecule has 0 unspecified atom stereocenters. The molecule has 0 bridgehead atoms. The van der Waals surface area contributed by atoms with Gasteiger partial charge in [-0.15, -0.1) is 0 Å². The summed E-state index contributed by atoms with van der Waals surface area (Å²) in [7, 11) is 0. The summed E-state index contributed by atoms with van der Waals surface area (Å²) in [4.78, 5) is 0.